The quantitative estimate of drug-likeness (QED) is 0.315. The van der Waals surface area contributed by atoms with Gasteiger partial charge in [-0.05, 0) is 80.9 Å². The molecule has 4 aromatic rings. The lowest BCUT2D eigenvalue weighted by Gasteiger charge is -2.41. The maximum atomic E-state index is 13.4. The molecule has 2 saturated heterocycles. The summed E-state index contributed by atoms with van der Waals surface area (Å²) in [6.45, 7) is 4.90. The zero-order valence-corrected chi connectivity index (χ0v) is 24.7. The number of anilines is 2. The number of carbonyl (C=O) groups excluding carboxylic acids is 2. The molecule has 10 nitrogen and oxygen atoms in total. The number of rotatable bonds is 7. The van der Waals surface area contributed by atoms with E-state index in [1.165, 1.54) is 12.1 Å². The molecule has 44 heavy (non-hydrogen) atoms. The highest BCUT2D eigenvalue weighted by atomic mass is 19.3. The molecule has 0 saturated carbocycles. The average Bonchev–Trinajstić information content (AvgIpc) is 3.46. The van der Waals surface area contributed by atoms with E-state index in [1.807, 2.05) is 39.3 Å². The molecule has 2 fully saturated rings. The summed E-state index contributed by atoms with van der Waals surface area (Å²) in [5.41, 5.74) is 3.99. The maximum Gasteiger partial charge on any atom is 0.387 e. The van der Waals surface area contributed by atoms with Crippen molar-refractivity contribution in [3.63, 3.8) is 0 Å². The Hall–Kier alpha value is -4.58. The molecule has 12 heteroatoms. The molecule has 0 unspecified atom stereocenters. The van der Waals surface area contributed by atoms with Crippen molar-refractivity contribution in [3.8, 4) is 17.0 Å². The van der Waals surface area contributed by atoms with Gasteiger partial charge in [0.1, 0.15) is 5.75 Å². The maximum absolute atomic E-state index is 13.4. The summed E-state index contributed by atoms with van der Waals surface area (Å²) < 4.78 is 31.3. The number of hydrogen-bond acceptors (Lipinski definition) is 7. The zero-order valence-electron chi connectivity index (χ0n) is 24.7. The van der Waals surface area contributed by atoms with Crippen molar-refractivity contribution in [1.29, 1.82) is 0 Å². The summed E-state index contributed by atoms with van der Waals surface area (Å²) in [6.07, 6.45) is 6.80. The van der Waals surface area contributed by atoms with Crippen LogP contribution in [0.25, 0.3) is 16.9 Å². The van der Waals surface area contributed by atoms with Crippen LogP contribution in [0.4, 0.5) is 20.3 Å². The molecule has 0 atom stereocenters. The van der Waals surface area contributed by atoms with Crippen LogP contribution in [0.3, 0.4) is 0 Å². The predicted molar refractivity (Wildman–Crippen MR) is 162 cm³/mol. The van der Waals surface area contributed by atoms with Crippen molar-refractivity contribution >= 4 is 29.0 Å². The Morgan fingerprint density at radius 2 is 1.70 bits per heavy atom. The van der Waals surface area contributed by atoms with Crippen LogP contribution in [0.5, 0.6) is 5.75 Å². The lowest BCUT2D eigenvalue weighted by molar-refractivity contribution is -0.144. The van der Waals surface area contributed by atoms with Crippen LogP contribution in [0, 0.1) is 12.3 Å². The second kappa shape index (κ2) is 12.2. The van der Waals surface area contributed by atoms with Gasteiger partial charge in [0, 0.05) is 60.8 Å². The fourth-order valence-corrected chi connectivity index (χ4v) is 6.00. The molecular weight excluding hydrogens is 568 g/mol. The van der Waals surface area contributed by atoms with Crippen LogP contribution in [0.2, 0.25) is 0 Å². The minimum absolute atomic E-state index is 0.0441. The van der Waals surface area contributed by atoms with E-state index in [1.54, 1.807) is 30.7 Å². The molecule has 4 heterocycles. The van der Waals surface area contributed by atoms with Crippen LogP contribution in [-0.2, 0) is 4.79 Å². The first-order valence-corrected chi connectivity index (χ1v) is 14.8. The average molecular weight is 604 g/mol. The number of imidazole rings is 1. The third-order valence-electron chi connectivity index (χ3n) is 8.60. The number of fused-ring (bicyclic) bond motifs is 1. The lowest BCUT2D eigenvalue weighted by Crippen LogP contribution is -2.55. The fraction of sp³-hybridized carbons (Fsp3) is 0.375. The first kappa shape index (κ1) is 29.5. The molecule has 2 aromatic heterocycles. The Morgan fingerprint density at radius 1 is 1.00 bits per heavy atom. The monoisotopic (exact) mass is 603 g/mol. The molecule has 0 radical (unpaired) electrons. The number of aromatic nitrogens is 3. The van der Waals surface area contributed by atoms with Gasteiger partial charge in [-0.3, -0.25) is 14.0 Å². The van der Waals surface area contributed by atoms with E-state index in [0.717, 1.165) is 48.4 Å². The van der Waals surface area contributed by atoms with E-state index in [-0.39, 0.29) is 23.0 Å². The number of benzene rings is 2. The molecular formula is C32H35F2N7O3. The molecule has 0 bridgehead atoms. The Kier molecular flexibility index (Phi) is 8.17. The number of aryl methyl sites for hydroxylation is 1. The smallest absolute Gasteiger partial charge is 0.387 e. The van der Waals surface area contributed by atoms with Gasteiger partial charge in [-0.2, -0.15) is 8.78 Å². The molecule has 2 aliphatic rings. The van der Waals surface area contributed by atoms with Crippen LogP contribution in [-0.4, -0.2) is 81.9 Å². The standard InChI is InChI=1S/C32H35F2N7O3/c1-21-19-23(5-8-25(21)29(42)39-15-17-40(18-16-39)30(43)32(2)9-11-35-12-10-32)38-27-28-37-20-26(41(28)14-13-36-27)22-3-6-24(7-4-22)44-31(33)34/h3-8,13-14,19-20,31,35H,9-12,15-18H2,1-2H3,(H,36,38). The molecule has 2 aromatic carbocycles. The van der Waals surface area contributed by atoms with Crippen LogP contribution in [0.1, 0.15) is 35.7 Å². The van der Waals surface area contributed by atoms with Gasteiger partial charge in [-0.1, -0.05) is 6.92 Å². The van der Waals surface area contributed by atoms with Gasteiger partial charge in [0.2, 0.25) is 5.91 Å². The Balaban J connectivity index is 1.12. The van der Waals surface area contributed by atoms with Crippen molar-refractivity contribution in [2.24, 2.45) is 5.41 Å². The van der Waals surface area contributed by atoms with Crippen LogP contribution < -0.4 is 15.4 Å². The van der Waals surface area contributed by atoms with E-state index in [0.29, 0.717) is 43.2 Å². The van der Waals surface area contributed by atoms with Crippen molar-refractivity contribution < 1.29 is 23.1 Å². The summed E-state index contributed by atoms with van der Waals surface area (Å²) in [7, 11) is 0. The molecule has 2 aliphatic heterocycles. The SMILES string of the molecule is Cc1cc(Nc2nccn3c(-c4ccc(OC(F)F)cc4)cnc23)ccc1C(=O)N1CCN(C(=O)C2(C)CCNCC2)CC1. The van der Waals surface area contributed by atoms with E-state index in [4.69, 9.17) is 0 Å². The van der Waals surface area contributed by atoms with Gasteiger partial charge < -0.3 is 25.2 Å². The number of alkyl halides is 2. The number of piperazine rings is 1. The lowest BCUT2D eigenvalue weighted by atomic mass is 9.79. The Bertz CT molecular complexity index is 1660. The van der Waals surface area contributed by atoms with Gasteiger partial charge in [0.25, 0.3) is 5.91 Å². The minimum Gasteiger partial charge on any atom is -0.435 e. The van der Waals surface area contributed by atoms with Crippen molar-refractivity contribution in [2.75, 3.05) is 44.6 Å². The van der Waals surface area contributed by atoms with Gasteiger partial charge in [-0.25, -0.2) is 9.97 Å². The van der Waals surface area contributed by atoms with Crippen LogP contribution in [0.15, 0.2) is 61.1 Å². The first-order valence-electron chi connectivity index (χ1n) is 14.8. The summed E-state index contributed by atoms with van der Waals surface area (Å²) in [4.78, 5) is 39.4. The third-order valence-corrected chi connectivity index (χ3v) is 8.60. The van der Waals surface area contributed by atoms with Gasteiger partial charge in [0.05, 0.1) is 11.9 Å². The van der Waals surface area contributed by atoms with Crippen LogP contribution >= 0.6 is 0 Å². The minimum atomic E-state index is -2.88. The van der Waals surface area contributed by atoms with Gasteiger partial charge in [0.15, 0.2) is 11.5 Å². The highest BCUT2D eigenvalue weighted by molar-refractivity contribution is 5.96. The Labute approximate surface area is 254 Å². The summed E-state index contributed by atoms with van der Waals surface area (Å²) >= 11 is 0. The van der Waals surface area contributed by atoms with E-state index in [9.17, 15) is 18.4 Å². The highest BCUT2D eigenvalue weighted by Crippen LogP contribution is 2.31. The Morgan fingerprint density at radius 3 is 2.39 bits per heavy atom. The number of ether oxygens (including phenoxy) is 1. The third kappa shape index (κ3) is 5.94. The first-order chi connectivity index (χ1) is 21.2. The highest BCUT2D eigenvalue weighted by Gasteiger charge is 2.39. The number of halogens is 2. The van der Waals surface area contributed by atoms with Gasteiger partial charge in [-0.15, -0.1) is 0 Å². The number of piperidine rings is 1. The van der Waals surface area contributed by atoms with Gasteiger partial charge >= 0.3 is 6.61 Å². The molecule has 6 rings (SSSR count). The van der Waals surface area contributed by atoms with E-state index < -0.39 is 6.61 Å². The van der Waals surface area contributed by atoms with E-state index >= 15 is 0 Å². The number of nitrogens with zero attached hydrogens (tertiary/aromatic N) is 5. The summed E-state index contributed by atoms with van der Waals surface area (Å²) in [5.74, 6) is 0.761. The second-order valence-electron chi connectivity index (χ2n) is 11.6. The topological polar surface area (TPSA) is 104 Å². The predicted octanol–water partition coefficient (Wildman–Crippen LogP) is 4.72. The largest absolute Gasteiger partial charge is 0.435 e. The normalized spacial score (nSPS) is 16.8. The summed E-state index contributed by atoms with van der Waals surface area (Å²) in [5, 5.41) is 6.63. The molecule has 230 valence electrons. The second-order valence-corrected chi connectivity index (χ2v) is 11.6. The molecule has 2 N–H and O–H groups in total. The van der Waals surface area contributed by atoms with E-state index in [2.05, 4.69) is 32.3 Å². The zero-order chi connectivity index (χ0) is 30.8. The number of amides is 2. The fourth-order valence-electron chi connectivity index (χ4n) is 6.00. The van der Waals surface area contributed by atoms with Crippen molar-refractivity contribution in [3.05, 3.63) is 72.2 Å². The number of hydrogen-bond donors (Lipinski definition) is 2. The molecule has 2 amide bonds. The molecule has 0 spiro atoms. The van der Waals surface area contributed by atoms with Crippen molar-refractivity contribution in [1.82, 2.24) is 29.5 Å². The number of nitrogens with one attached hydrogen (secondary N) is 2. The molecule has 0 aliphatic carbocycles. The summed E-state index contributed by atoms with van der Waals surface area (Å²) in [6, 6.07) is 11.9. The number of carbonyl (C=O) groups is 2. The van der Waals surface area contributed by atoms with Crippen molar-refractivity contribution in [2.45, 2.75) is 33.3 Å².